The fourth-order valence-corrected chi connectivity index (χ4v) is 4.81. The quantitative estimate of drug-likeness (QED) is 0.425. The van der Waals surface area contributed by atoms with Gasteiger partial charge in [-0.05, 0) is 67.8 Å². The van der Waals surface area contributed by atoms with Gasteiger partial charge in [-0.1, -0.05) is 11.2 Å². The highest BCUT2D eigenvalue weighted by molar-refractivity contribution is 6.07. The van der Waals surface area contributed by atoms with Crippen LogP contribution in [0.2, 0.25) is 0 Å². The molecular weight excluding hydrogens is 437 g/mol. The Morgan fingerprint density at radius 1 is 1.06 bits per heavy atom. The number of hydrogen-bond acceptors (Lipinski definition) is 6. The van der Waals surface area contributed by atoms with Crippen LogP contribution in [0.4, 0.5) is 4.39 Å². The van der Waals surface area contributed by atoms with Crippen molar-refractivity contribution in [2.75, 3.05) is 19.8 Å². The molecule has 4 heterocycles. The minimum atomic E-state index is -0.337. The molecule has 0 aliphatic carbocycles. The lowest BCUT2D eigenvalue weighted by molar-refractivity contribution is 0.0737. The van der Waals surface area contributed by atoms with E-state index in [0.29, 0.717) is 53.4 Å². The predicted molar refractivity (Wildman–Crippen MR) is 122 cm³/mol. The number of halogens is 1. The van der Waals surface area contributed by atoms with Gasteiger partial charge in [0.25, 0.3) is 11.6 Å². The smallest absolute Gasteiger partial charge is 0.259 e. The Balaban J connectivity index is 1.41. The monoisotopic (exact) mass is 459 g/mol. The van der Waals surface area contributed by atoms with Crippen molar-refractivity contribution in [1.29, 1.82) is 0 Å². The molecule has 2 aliphatic heterocycles. The maximum absolute atomic E-state index is 13.9. The van der Waals surface area contributed by atoms with Crippen LogP contribution in [0.3, 0.4) is 0 Å². The molecule has 1 saturated heterocycles. The maximum Gasteiger partial charge on any atom is 0.259 e. The molecule has 6 rings (SSSR count). The number of ether oxygens (including phenoxy) is 2. The van der Waals surface area contributed by atoms with Crippen molar-refractivity contribution in [3.8, 4) is 22.8 Å². The fraction of sp³-hybridized carbons (Fsp3) is 0.269. The molecule has 0 N–H and O–H groups in total. The third-order valence-electron chi connectivity index (χ3n) is 6.45. The van der Waals surface area contributed by atoms with Crippen molar-refractivity contribution in [3.05, 3.63) is 71.2 Å². The highest BCUT2D eigenvalue weighted by Gasteiger charge is 2.33. The third kappa shape index (κ3) is 3.46. The Morgan fingerprint density at radius 3 is 2.68 bits per heavy atom. The number of likely N-dealkylation sites (tertiary alicyclic amines) is 1. The summed E-state index contributed by atoms with van der Waals surface area (Å²) in [6, 6.07) is 13.6. The summed E-state index contributed by atoms with van der Waals surface area (Å²) in [6.07, 6.45) is 1.75. The van der Waals surface area contributed by atoms with Gasteiger partial charge in [0.2, 0.25) is 0 Å². The highest BCUT2D eigenvalue weighted by atomic mass is 19.1. The molecule has 2 aliphatic rings. The molecule has 2 aromatic carbocycles. The van der Waals surface area contributed by atoms with Gasteiger partial charge in [-0.25, -0.2) is 9.37 Å². The van der Waals surface area contributed by atoms with Gasteiger partial charge in [0.1, 0.15) is 19.0 Å². The molecule has 1 atom stereocenters. The lowest BCUT2D eigenvalue weighted by atomic mass is 10.0. The first-order chi connectivity index (χ1) is 16.6. The van der Waals surface area contributed by atoms with Crippen LogP contribution in [-0.4, -0.2) is 40.7 Å². The second-order valence-electron chi connectivity index (χ2n) is 8.57. The van der Waals surface area contributed by atoms with Gasteiger partial charge in [-0.2, -0.15) is 0 Å². The first-order valence-corrected chi connectivity index (χ1v) is 11.3. The van der Waals surface area contributed by atoms with Gasteiger partial charge in [-0.15, -0.1) is 0 Å². The minimum absolute atomic E-state index is 0.0824. The summed E-state index contributed by atoms with van der Waals surface area (Å²) in [5.74, 6) is 0.990. The Bertz CT molecular complexity index is 1400. The van der Waals surface area contributed by atoms with E-state index < -0.39 is 0 Å². The zero-order chi connectivity index (χ0) is 23.2. The SMILES string of the molecule is Cc1noc2nc(-c3ccc(F)cc3)cc(C(=O)N3CCC[C@H]3c3ccc4c(c3)OCCO4)c12. The number of aryl methyl sites for hydroxylation is 1. The van der Waals surface area contributed by atoms with Crippen LogP contribution in [0.25, 0.3) is 22.4 Å². The Hall–Kier alpha value is -3.94. The van der Waals surface area contributed by atoms with Crippen LogP contribution in [0.1, 0.15) is 40.5 Å². The maximum atomic E-state index is 13.9. The average Bonchev–Trinajstić information content (AvgIpc) is 3.50. The van der Waals surface area contributed by atoms with Crippen molar-refractivity contribution in [2.45, 2.75) is 25.8 Å². The lowest BCUT2D eigenvalue weighted by Gasteiger charge is -2.27. The van der Waals surface area contributed by atoms with E-state index in [2.05, 4.69) is 10.1 Å². The molecule has 172 valence electrons. The summed E-state index contributed by atoms with van der Waals surface area (Å²) in [5.41, 5.74) is 3.61. The van der Waals surface area contributed by atoms with Crippen LogP contribution in [0.15, 0.2) is 53.1 Å². The second-order valence-corrected chi connectivity index (χ2v) is 8.57. The van der Waals surface area contributed by atoms with Crippen molar-refractivity contribution < 1.29 is 23.2 Å². The fourth-order valence-electron chi connectivity index (χ4n) is 4.81. The molecule has 8 heteroatoms. The summed E-state index contributed by atoms with van der Waals surface area (Å²) in [4.78, 5) is 20.4. The molecule has 0 saturated carbocycles. The summed E-state index contributed by atoms with van der Waals surface area (Å²) in [7, 11) is 0. The van der Waals surface area contributed by atoms with E-state index in [1.807, 2.05) is 23.1 Å². The highest BCUT2D eigenvalue weighted by Crippen LogP contribution is 2.39. The number of amides is 1. The normalized spacial score (nSPS) is 17.4. The van der Waals surface area contributed by atoms with E-state index >= 15 is 0 Å². The number of hydrogen-bond donors (Lipinski definition) is 0. The number of fused-ring (bicyclic) bond motifs is 2. The van der Waals surface area contributed by atoms with Crippen LogP contribution in [0.5, 0.6) is 11.5 Å². The molecule has 7 nitrogen and oxygen atoms in total. The molecule has 1 fully saturated rings. The molecule has 0 unspecified atom stereocenters. The first kappa shape index (κ1) is 20.7. The molecule has 4 aromatic rings. The minimum Gasteiger partial charge on any atom is -0.486 e. The summed E-state index contributed by atoms with van der Waals surface area (Å²) in [5, 5.41) is 4.64. The summed E-state index contributed by atoms with van der Waals surface area (Å²) < 4.78 is 30.3. The van der Waals surface area contributed by atoms with Crippen LogP contribution < -0.4 is 9.47 Å². The standard InChI is InChI=1S/C26H22FN3O4/c1-15-24-19(14-20(28-25(24)34-29-15)16-4-7-18(27)8-5-16)26(31)30-10-2-3-21(30)17-6-9-22-23(13-17)33-12-11-32-22/h4-9,13-14,21H,2-3,10-12H2,1H3/t21-/m0/s1. The van der Waals surface area contributed by atoms with Gasteiger partial charge < -0.3 is 18.9 Å². The number of benzene rings is 2. The number of rotatable bonds is 3. The van der Waals surface area contributed by atoms with Crippen molar-refractivity contribution in [2.24, 2.45) is 0 Å². The second kappa shape index (κ2) is 8.13. The van der Waals surface area contributed by atoms with Gasteiger partial charge >= 0.3 is 0 Å². The van der Waals surface area contributed by atoms with Crippen molar-refractivity contribution in [3.63, 3.8) is 0 Å². The Morgan fingerprint density at radius 2 is 1.85 bits per heavy atom. The van der Waals surface area contributed by atoms with Gasteiger partial charge in [0, 0.05) is 12.1 Å². The van der Waals surface area contributed by atoms with Crippen LogP contribution in [0, 0.1) is 12.7 Å². The van der Waals surface area contributed by atoms with E-state index in [1.54, 1.807) is 25.1 Å². The molecule has 34 heavy (non-hydrogen) atoms. The number of nitrogens with zero attached hydrogens (tertiary/aromatic N) is 3. The number of pyridine rings is 1. The van der Waals surface area contributed by atoms with E-state index in [1.165, 1.54) is 12.1 Å². The van der Waals surface area contributed by atoms with E-state index in [0.717, 1.165) is 24.2 Å². The molecule has 0 bridgehead atoms. The van der Waals surface area contributed by atoms with Crippen molar-refractivity contribution >= 4 is 17.0 Å². The zero-order valence-electron chi connectivity index (χ0n) is 18.6. The lowest BCUT2D eigenvalue weighted by Crippen LogP contribution is -2.31. The van der Waals surface area contributed by atoms with Gasteiger partial charge in [-0.3, -0.25) is 4.79 Å². The summed E-state index contributed by atoms with van der Waals surface area (Å²) in [6.45, 7) is 3.48. The molecule has 2 aromatic heterocycles. The van der Waals surface area contributed by atoms with Crippen LogP contribution >= 0.6 is 0 Å². The average molecular weight is 459 g/mol. The third-order valence-corrected chi connectivity index (χ3v) is 6.45. The molecular formula is C26H22FN3O4. The number of carbonyl (C=O) groups is 1. The first-order valence-electron chi connectivity index (χ1n) is 11.3. The summed E-state index contributed by atoms with van der Waals surface area (Å²) >= 11 is 0. The molecule has 1 amide bonds. The topological polar surface area (TPSA) is 77.7 Å². The van der Waals surface area contributed by atoms with E-state index in [4.69, 9.17) is 14.0 Å². The van der Waals surface area contributed by atoms with Gasteiger partial charge in [0.05, 0.1) is 28.4 Å². The number of aromatic nitrogens is 2. The molecule has 0 spiro atoms. The molecule has 0 radical (unpaired) electrons. The van der Waals surface area contributed by atoms with E-state index in [-0.39, 0.29) is 23.5 Å². The predicted octanol–water partition coefficient (Wildman–Crippen LogP) is 5.09. The van der Waals surface area contributed by atoms with E-state index in [9.17, 15) is 9.18 Å². The largest absolute Gasteiger partial charge is 0.486 e. The number of carbonyl (C=O) groups excluding carboxylic acids is 1. The van der Waals surface area contributed by atoms with Gasteiger partial charge in [0.15, 0.2) is 11.5 Å². The van der Waals surface area contributed by atoms with Crippen molar-refractivity contribution in [1.82, 2.24) is 15.0 Å². The van der Waals surface area contributed by atoms with Crippen LogP contribution in [-0.2, 0) is 0 Å². The Kier molecular flexibility index (Phi) is 4.94. The zero-order valence-corrected chi connectivity index (χ0v) is 18.6. The Labute approximate surface area is 195 Å².